The van der Waals surface area contributed by atoms with E-state index >= 15 is 0 Å². The highest BCUT2D eigenvalue weighted by Crippen LogP contribution is 2.28. The topological polar surface area (TPSA) is 92.8 Å². The number of amides is 3. The summed E-state index contributed by atoms with van der Waals surface area (Å²) in [5.74, 6) is 0. The van der Waals surface area contributed by atoms with Gasteiger partial charge < -0.3 is 19.7 Å². The minimum Gasteiger partial charge on any atom is -0.450 e. The number of methoxy groups -OCH3 is 1. The fraction of sp³-hybridized carbons (Fsp3) is 0.615. The van der Waals surface area contributed by atoms with E-state index in [2.05, 4.69) is 15.6 Å². The Morgan fingerprint density at radius 2 is 2.27 bits per heavy atom. The van der Waals surface area contributed by atoms with Crippen molar-refractivity contribution < 1.29 is 19.1 Å². The van der Waals surface area contributed by atoms with Crippen LogP contribution < -0.4 is 10.6 Å². The molecule has 1 aromatic heterocycles. The van der Waals surface area contributed by atoms with Crippen LogP contribution in [-0.4, -0.2) is 55.4 Å². The van der Waals surface area contributed by atoms with Crippen molar-refractivity contribution in [3.63, 3.8) is 0 Å². The van der Waals surface area contributed by atoms with E-state index in [-0.39, 0.29) is 6.03 Å². The van der Waals surface area contributed by atoms with Crippen molar-refractivity contribution in [2.24, 2.45) is 0 Å². The van der Waals surface area contributed by atoms with Crippen LogP contribution in [0.5, 0.6) is 0 Å². The van der Waals surface area contributed by atoms with Gasteiger partial charge in [-0.05, 0) is 6.92 Å². The number of aromatic nitrogens is 1. The third kappa shape index (κ3) is 4.31. The van der Waals surface area contributed by atoms with E-state index in [0.29, 0.717) is 44.4 Å². The van der Waals surface area contributed by atoms with Crippen LogP contribution in [0.1, 0.15) is 17.5 Å². The number of rotatable bonds is 5. The summed E-state index contributed by atoms with van der Waals surface area (Å²) in [6.07, 6.45) is 0.163. The molecule has 3 amide bonds. The van der Waals surface area contributed by atoms with Crippen molar-refractivity contribution in [3.8, 4) is 0 Å². The van der Waals surface area contributed by atoms with Crippen LogP contribution in [0.3, 0.4) is 0 Å². The molecule has 0 radical (unpaired) electrons. The quantitative estimate of drug-likeness (QED) is 0.798. The molecule has 0 bridgehead atoms. The van der Waals surface area contributed by atoms with Crippen LogP contribution in [0.4, 0.5) is 14.7 Å². The number of anilines is 1. The maximum Gasteiger partial charge on any atom is 0.413 e. The number of carbonyl (C=O) groups excluding carboxylic acids is 2. The second-order valence-electron chi connectivity index (χ2n) is 4.63. The van der Waals surface area contributed by atoms with Gasteiger partial charge in [-0.15, -0.1) is 0 Å². The number of nitrogens with zero attached hydrogens (tertiary/aromatic N) is 2. The van der Waals surface area contributed by atoms with Gasteiger partial charge >= 0.3 is 12.1 Å². The first-order chi connectivity index (χ1) is 10.6. The van der Waals surface area contributed by atoms with E-state index < -0.39 is 6.09 Å². The van der Waals surface area contributed by atoms with E-state index in [4.69, 9.17) is 9.47 Å². The third-order valence-corrected chi connectivity index (χ3v) is 4.08. The van der Waals surface area contributed by atoms with Gasteiger partial charge in [0.2, 0.25) is 0 Å². The summed E-state index contributed by atoms with van der Waals surface area (Å²) in [4.78, 5) is 30.5. The standard InChI is InChI=1S/C13H20N4O4S/c1-3-21-13(19)16-11-15-9-4-6-17(8-10(9)22-11)12(18)14-5-7-20-2/h3-8H2,1-2H3,(H,14,18)(H,15,16,19). The molecule has 0 aliphatic carbocycles. The van der Waals surface area contributed by atoms with E-state index in [1.54, 1.807) is 18.9 Å². The lowest BCUT2D eigenvalue weighted by Gasteiger charge is -2.26. The highest BCUT2D eigenvalue weighted by molar-refractivity contribution is 7.15. The smallest absolute Gasteiger partial charge is 0.413 e. The molecule has 122 valence electrons. The van der Waals surface area contributed by atoms with Crippen LogP contribution in [0.2, 0.25) is 0 Å². The average molecular weight is 328 g/mol. The molecule has 0 saturated heterocycles. The molecule has 1 aromatic rings. The highest BCUT2D eigenvalue weighted by Gasteiger charge is 2.24. The van der Waals surface area contributed by atoms with Gasteiger partial charge in [-0.2, -0.15) is 0 Å². The van der Waals surface area contributed by atoms with Gasteiger partial charge in [0.25, 0.3) is 0 Å². The largest absolute Gasteiger partial charge is 0.450 e. The lowest BCUT2D eigenvalue weighted by Crippen LogP contribution is -2.43. The fourth-order valence-electron chi connectivity index (χ4n) is 2.05. The molecule has 2 rings (SSSR count). The SMILES string of the molecule is CCOC(=O)Nc1nc2c(s1)CN(C(=O)NCCOC)CC2. The zero-order valence-corrected chi connectivity index (χ0v) is 13.5. The molecule has 8 nitrogen and oxygen atoms in total. The molecule has 9 heteroatoms. The van der Waals surface area contributed by atoms with Crippen molar-refractivity contribution >= 4 is 28.6 Å². The third-order valence-electron chi connectivity index (χ3n) is 3.09. The number of hydrogen-bond acceptors (Lipinski definition) is 6. The first-order valence-corrected chi connectivity index (χ1v) is 7.89. The summed E-state index contributed by atoms with van der Waals surface area (Å²) in [6, 6.07) is -0.115. The summed E-state index contributed by atoms with van der Waals surface area (Å²) < 4.78 is 9.73. The Balaban J connectivity index is 1.91. The molecule has 22 heavy (non-hydrogen) atoms. The monoisotopic (exact) mass is 328 g/mol. The maximum atomic E-state index is 12.0. The van der Waals surface area contributed by atoms with Gasteiger partial charge in [0.1, 0.15) is 0 Å². The molecule has 2 heterocycles. The van der Waals surface area contributed by atoms with Crippen LogP contribution in [0, 0.1) is 0 Å². The number of nitrogens with one attached hydrogen (secondary N) is 2. The number of thiazole rings is 1. The van der Waals surface area contributed by atoms with Gasteiger partial charge in [0.15, 0.2) is 5.13 Å². The summed E-state index contributed by atoms with van der Waals surface area (Å²) >= 11 is 1.37. The van der Waals surface area contributed by atoms with E-state index in [1.807, 2.05) is 0 Å². The average Bonchev–Trinajstić information content (AvgIpc) is 2.88. The molecule has 0 unspecified atom stereocenters. The van der Waals surface area contributed by atoms with Crippen molar-refractivity contribution in [1.29, 1.82) is 0 Å². The Labute approximate surface area is 132 Å². The molecule has 1 aliphatic rings. The van der Waals surface area contributed by atoms with Crippen molar-refractivity contribution in [1.82, 2.24) is 15.2 Å². The molecule has 1 aliphatic heterocycles. The van der Waals surface area contributed by atoms with Crippen molar-refractivity contribution in [2.75, 3.05) is 38.7 Å². The minimum absolute atomic E-state index is 0.115. The Kier molecular flexibility index (Phi) is 5.96. The second kappa shape index (κ2) is 7.95. The second-order valence-corrected chi connectivity index (χ2v) is 5.71. The summed E-state index contributed by atoms with van der Waals surface area (Å²) in [7, 11) is 1.59. The number of hydrogen-bond donors (Lipinski definition) is 2. The normalized spacial score (nSPS) is 13.5. The summed E-state index contributed by atoms with van der Waals surface area (Å²) in [5.41, 5.74) is 0.928. The molecule has 0 spiro atoms. The number of ether oxygens (including phenoxy) is 2. The Bertz CT molecular complexity index is 534. The fourth-order valence-corrected chi connectivity index (χ4v) is 3.06. The van der Waals surface area contributed by atoms with Crippen LogP contribution >= 0.6 is 11.3 Å². The minimum atomic E-state index is -0.511. The number of fused-ring (bicyclic) bond motifs is 1. The van der Waals surface area contributed by atoms with Crippen LogP contribution in [0.25, 0.3) is 0 Å². The lowest BCUT2D eigenvalue weighted by molar-refractivity contribution is 0.168. The molecule has 0 atom stereocenters. The van der Waals surface area contributed by atoms with Gasteiger partial charge in [-0.1, -0.05) is 11.3 Å². The first-order valence-electron chi connectivity index (χ1n) is 7.08. The van der Waals surface area contributed by atoms with Gasteiger partial charge in [-0.25, -0.2) is 14.6 Å². The number of carbonyl (C=O) groups is 2. The van der Waals surface area contributed by atoms with Crippen LogP contribution in [0.15, 0.2) is 0 Å². The Hall–Kier alpha value is -1.87. The predicted molar refractivity (Wildman–Crippen MR) is 82.1 cm³/mol. The lowest BCUT2D eigenvalue weighted by atomic mass is 10.2. The molecule has 0 fully saturated rings. The van der Waals surface area contributed by atoms with E-state index in [9.17, 15) is 9.59 Å². The molecular weight excluding hydrogens is 308 g/mol. The Morgan fingerprint density at radius 1 is 1.45 bits per heavy atom. The van der Waals surface area contributed by atoms with E-state index in [0.717, 1.165) is 10.6 Å². The predicted octanol–water partition coefficient (Wildman–Crippen LogP) is 1.43. The maximum absolute atomic E-state index is 12.0. The first kappa shape index (κ1) is 16.5. The number of urea groups is 1. The van der Waals surface area contributed by atoms with Crippen molar-refractivity contribution in [3.05, 3.63) is 10.6 Å². The molecule has 2 N–H and O–H groups in total. The molecular formula is C13H20N4O4S. The highest BCUT2D eigenvalue weighted by atomic mass is 32.1. The van der Waals surface area contributed by atoms with Crippen molar-refractivity contribution in [2.45, 2.75) is 19.9 Å². The van der Waals surface area contributed by atoms with Crippen LogP contribution in [-0.2, 0) is 22.4 Å². The zero-order valence-electron chi connectivity index (χ0n) is 12.7. The molecule has 0 saturated carbocycles. The van der Waals surface area contributed by atoms with Gasteiger partial charge in [0, 0.05) is 31.5 Å². The Morgan fingerprint density at radius 3 is 3.00 bits per heavy atom. The summed E-state index contributed by atoms with van der Waals surface area (Å²) in [6.45, 7) is 4.12. The van der Waals surface area contributed by atoms with Gasteiger partial charge in [-0.3, -0.25) is 5.32 Å². The molecule has 0 aromatic carbocycles. The van der Waals surface area contributed by atoms with Gasteiger partial charge in [0.05, 0.1) is 25.5 Å². The zero-order chi connectivity index (χ0) is 15.9. The van der Waals surface area contributed by atoms with E-state index in [1.165, 1.54) is 11.3 Å². The summed E-state index contributed by atoms with van der Waals surface area (Å²) in [5, 5.41) is 5.90.